The first-order valence-electron chi connectivity index (χ1n) is 8.79. The van der Waals surface area contributed by atoms with Crippen LogP contribution >= 0.6 is 15.9 Å². The molecule has 0 unspecified atom stereocenters. The fourth-order valence-electron chi connectivity index (χ4n) is 3.44. The van der Waals surface area contributed by atoms with E-state index in [1.165, 1.54) is 12.8 Å². The van der Waals surface area contributed by atoms with Crippen LogP contribution in [0.2, 0.25) is 0 Å². The Morgan fingerprint density at radius 1 is 1.12 bits per heavy atom. The van der Waals surface area contributed by atoms with E-state index >= 15 is 0 Å². The molecule has 25 heavy (non-hydrogen) atoms. The highest BCUT2D eigenvalue weighted by atomic mass is 79.9. The summed E-state index contributed by atoms with van der Waals surface area (Å²) in [4.78, 5) is 24.8. The van der Waals surface area contributed by atoms with E-state index < -0.39 is 6.04 Å². The van der Waals surface area contributed by atoms with Crippen LogP contribution in [0.1, 0.15) is 57.1 Å². The smallest absolute Gasteiger partial charge is 0.338 e. The SMILES string of the molecule is CC1=C(C(=O)OC2CCCCCC2)[C@@H](c2ccc(Br)cc2)NC(=O)N1. The first kappa shape index (κ1) is 18.0. The number of esters is 1. The molecule has 0 spiro atoms. The molecule has 1 aliphatic carbocycles. The largest absolute Gasteiger partial charge is 0.459 e. The highest BCUT2D eigenvalue weighted by molar-refractivity contribution is 9.10. The number of allylic oxidation sites excluding steroid dienone is 1. The van der Waals surface area contributed by atoms with E-state index in [1.54, 1.807) is 6.92 Å². The number of hydrogen-bond acceptors (Lipinski definition) is 3. The Hall–Kier alpha value is -1.82. The predicted octanol–water partition coefficient (Wildman–Crippen LogP) is 4.34. The third-order valence-corrected chi connectivity index (χ3v) is 5.30. The molecule has 1 aromatic carbocycles. The number of halogens is 1. The Morgan fingerprint density at radius 2 is 1.76 bits per heavy atom. The summed E-state index contributed by atoms with van der Waals surface area (Å²) in [5, 5.41) is 5.53. The summed E-state index contributed by atoms with van der Waals surface area (Å²) in [6, 6.07) is 6.77. The third kappa shape index (κ3) is 4.42. The minimum atomic E-state index is -0.500. The first-order valence-corrected chi connectivity index (χ1v) is 9.58. The monoisotopic (exact) mass is 406 g/mol. The molecule has 6 heteroatoms. The number of nitrogens with one attached hydrogen (secondary N) is 2. The maximum Gasteiger partial charge on any atom is 0.338 e. The zero-order chi connectivity index (χ0) is 17.8. The Labute approximate surface area is 156 Å². The molecule has 1 aliphatic heterocycles. The summed E-state index contributed by atoms with van der Waals surface area (Å²) in [5.41, 5.74) is 1.88. The van der Waals surface area contributed by atoms with Crippen molar-refractivity contribution < 1.29 is 14.3 Å². The zero-order valence-corrected chi connectivity index (χ0v) is 15.9. The van der Waals surface area contributed by atoms with Crippen molar-refractivity contribution in [2.75, 3.05) is 0 Å². The summed E-state index contributed by atoms with van der Waals surface area (Å²) in [6.45, 7) is 1.74. The van der Waals surface area contributed by atoms with Crippen LogP contribution in [0.3, 0.4) is 0 Å². The van der Waals surface area contributed by atoms with Crippen LogP contribution in [0.15, 0.2) is 40.0 Å². The molecule has 134 valence electrons. The maximum atomic E-state index is 12.9. The Morgan fingerprint density at radius 3 is 2.40 bits per heavy atom. The summed E-state index contributed by atoms with van der Waals surface area (Å²) in [7, 11) is 0. The molecule has 0 bridgehead atoms. The van der Waals surface area contributed by atoms with E-state index in [4.69, 9.17) is 4.74 Å². The van der Waals surface area contributed by atoms with Crippen LogP contribution in [0.5, 0.6) is 0 Å². The highest BCUT2D eigenvalue weighted by Crippen LogP contribution is 2.30. The number of rotatable bonds is 3. The molecule has 0 radical (unpaired) electrons. The van der Waals surface area contributed by atoms with Crippen LogP contribution in [0.4, 0.5) is 4.79 Å². The van der Waals surface area contributed by atoms with Crippen molar-refractivity contribution >= 4 is 27.9 Å². The van der Waals surface area contributed by atoms with Crippen LogP contribution in [0.25, 0.3) is 0 Å². The van der Waals surface area contributed by atoms with Gasteiger partial charge in [-0.1, -0.05) is 40.9 Å². The molecule has 0 aromatic heterocycles. The van der Waals surface area contributed by atoms with E-state index in [2.05, 4.69) is 26.6 Å². The molecule has 2 N–H and O–H groups in total. The van der Waals surface area contributed by atoms with Gasteiger partial charge in [-0.15, -0.1) is 0 Å². The lowest BCUT2D eigenvalue weighted by Gasteiger charge is -2.29. The first-order chi connectivity index (χ1) is 12.0. The fourth-order valence-corrected chi connectivity index (χ4v) is 3.71. The number of ether oxygens (including phenoxy) is 1. The van der Waals surface area contributed by atoms with Crippen molar-refractivity contribution in [1.82, 2.24) is 10.6 Å². The summed E-state index contributed by atoms with van der Waals surface area (Å²) < 4.78 is 6.74. The van der Waals surface area contributed by atoms with E-state index in [9.17, 15) is 9.59 Å². The maximum absolute atomic E-state index is 12.9. The number of hydrogen-bond donors (Lipinski definition) is 2. The van der Waals surface area contributed by atoms with Gasteiger partial charge in [0.1, 0.15) is 6.10 Å². The van der Waals surface area contributed by atoms with Gasteiger partial charge in [0.2, 0.25) is 0 Å². The van der Waals surface area contributed by atoms with Gasteiger partial charge in [0, 0.05) is 10.2 Å². The average molecular weight is 407 g/mol. The van der Waals surface area contributed by atoms with E-state index in [1.807, 2.05) is 24.3 Å². The second-order valence-corrected chi connectivity index (χ2v) is 7.56. The van der Waals surface area contributed by atoms with Crippen molar-refractivity contribution in [1.29, 1.82) is 0 Å². The molecule has 1 aromatic rings. The Balaban J connectivity index is 1.83. The number of urea groups is 1. The molecule has 1 saturated carbocycles. The van der Waals surface area contributed by atoms with Gasteiger partial charge in [-0.25, -0.2) is 9.59 Å². The highest BCUT2D eigenvalue weighted by Gasteiger charge is 2.33. The van der Waals surface area contributed by atoms with Crippen LogP contribution < -0.4 is 10.6 Å². The number of benzene rings is 1. The molecule has 1 atom stereocenters. The van der Waals surface area contributed by atoms with Gasteiger partial charge in [-0.05, 0) is 50.3 Å². The van der Waals surface area contributed by atoms with Gasteiger partial charge in [-0.3, -0.25) is 0 Å². The van der Waals surface area contributed by atoms with Crippen molar-refractivity contribution in [3.63, 3.8) is 0 Å². The predicted molar refractivity (Wildman–Crippen MR) is 98.8 cm³/mol. The molecular formula is C19H23BrN2O3. The molecule has 3 rings (SSSR count). The molecule has 0 saturated heterocycles. The van der Waals surface area contributed by atoms with Crippen molar-refractivity contribution in [3.05, 3.63) is 45.6 Å². The molecular weight excluding hydrogens is 384 g/mol. The van der Waals surface area contributed by atoms with E-state index in [0.717, 1.165) is 35.7 Å². The lowest BCUT2D eigenvalue weighted by Crippen LogP contribution is -2.45. The average Bonchev–Trinajstić information content (AvgIpc) is 2.83. The molecule has 1 fully saturated rings. The lowest BCUT2D eigenvalue weighted by molar-refractivity contribution is -0.145. The normalized spacial score (nSPS) is 22.0. The second kappa shape index (κ2) is 8.04. The summed E-state index contributed by atoms with van der Waals surface area (Å²) in [5.74, 6) is -0.343. The summed E-state index contributed by atoms with van der Waals surface area (Å²) >= 11 is 3.41. The van der Waals surface area contributed by atoms with E-state index in [-0.39, 0.29) is 18.1 Å². The van der Waals surface area contributed by atoms with Crippen LogP contribution in [-0.4, -0.2) is 18.1 Å². The molecule has 5 nitrogen and oxygen atoms in total. The van der Waals surface area contributed by atoms with Gasteiger partial charge in [0.15, 0.2) is 0 Å². The number of amides is 2. The van der Waals surface area contributed by atoms with Crippen LogP contribution in [-0.2, 0) is 9.53 Å². The quantitative estimate of drug-likeness (QED) is 0.579. The minimum Gasteiger partial charge on any atom is -0.459 e. The second-order valence-electron chi connectivity index (χ2n) is 6.64. The van der Waals surface area contributed by atoms with Crippen LogP contribution in [0, 0.1) is 0 Å². The lowest BCUT2D eigenvalue weighted by atomic mass is 9.95. The molecule has 2 aliphatic rings. The standard InChI is InChI=1S/C19H23BrN2O3/c1-12-16(18(23)25-15-6-4-2-3-5-7-15)17(22-19(24)21-12)13-8-10-14(20)11-9-13/h8-11,15,17H,2-7H2,1H3,(H2,21,22,24)/t17-/m1/s1. The number of carbonyl (C=O) groups excluding carboxylic acids is 2. The van der Waals surface area contributed by atoms with Crippen molar-refractivity contribution in [2.45, 2.75) is 57.6 Å². The van der Waals surface area contributed by atoms with Gasteiger partial charge in [0.25, 0.3) is 0 Å². The Kier molecular flexibility index (Phi) is 5.78. The fraction of sp³-hybridized carbons (Fsp3) is 0.474. The zero-order valence-electron chi connectivity index (χ0n) is 14.3. The van der Waals surface area contributed by atoms with Crippen molar-refractivity contribution in [3.8, 4) is 0 Å². The topological polar surface area (TPSA) is 67.4 Å². The molecule has 2 amide bonds. The third-order valence-electron chi connectivity index (χ3n) is 4.77. The Bertz CT molecular complexity index is 676. The van der Waals surface area contributed by atoms with Gasteiger partial charge >= 0.3 is 12.0 Å². The van der Waals surface area contributed by atoms with E-state index in [0.29, 0.717) is 11.3 Å². The van der Waals surface area contributed by atoms with Crippen molar-refractivity contribution in [2.24, 2.45) is 0 Å². The molecule has 1 heterocycles. The number of carbonyl (C=O) groups is 2. The van der Waals surface area contributed by atoms with Gasteiger partial charge < -0.3 is 15.4 Å². The summed E-state index contributed by atoms with van der Waals surface area (Å²) in [6.07, 6.45) is 6.41. The van der Waals surface area contributed by atoms with Gasteiger partial charge in [-0.2, -0.15) is 0 Å². The van der Waals surface area contributed by atoms with Gasteiger partial charge in [0.05, 0.1) is 11.6 Å². The minimum absolute atomic E-state index is 0.0292.